The van der Waals surface area contributed by atoms with Crippen molar-refractivity contribution >= 4 is 23.3 Å². The number of alkyl halides is 3. The van der Waals surface area contributed by atoms with E-state index in [1.807, 2.05) is 0 Å². The molecule has 0 saturated carbocycles. The molecule has 8 heteroatoms. The number of amides is 1. The van der Waals surface area contributed by atoms with Gasteiger partial charge in [0, 0.05) is 31.7 Å². The monoisotopic (exact) mass is 318 g/mol. The Bertz CT molecular complexity index is 555. The molecule has 0 atom stereocenters. The van der Waals surface area contributed by atoms with E-state index in [0.29, 0.717) is 0 Å². The first-order valence-electron chi connectivity index (χ1n) is 6.24. The molecular weight excluding hydrogens is 305 g/mol. The van der Waals surface area contributed by atoms with E-state index in [9.17, 15) is 18.0 Å². The van der Waals surface area contributed by atoms with Crippen LogP contribution in [0.5, 0.6) is 0 Å². The van der Waals surface area contributed by atoms with Gasteiger partial charge in [0.2, 0.25) is 0 Å². The molecule has 1 aliphatic heterocycles. The van der Waals surface area contributed by atoms with Crippen molar-refractivity contribution in [2.24, 2.45) is 0 Å². The SMILES string of the molecule is O=C(O)N1CCN(C(=S)c2ccccc2C(F)(F)F)CC1. The molecule has 0 spiro atoms. The number of thiocarbonyl (C=S) groups is 1. The molecule has 4 nitrogen and oxygen atoms in total. The maximum absolute atomic E-state index is 13.0. The lowest BCUT2D eigenvalue weighted by Gasteiger charge is -2.35. The minimum absolute atomic E-state index is 0.0382. The zero-order valence-electron chi connectivity index (χ0n) is 10.9. The van der Waals surface area contributed by atoms with E-state index in [1.165, 1.54) is 23.1 Å². The van der Waals surface area contributed by atoms with Gasteiger partial charge in [-0.05, 0) is 6.07 Å². The van der Waals surface area contributed by atoms with Crippen molar-refractivity contribution in [2.75, 3.05) is 26.2 Å². The average Bonchev–Trinajstić information content (AvgIpc) is 2.45. The van der Waals surface area contributed by atoms with Crippen LogP contribution in [0.2, 0.25) is 0 Å². The maximum Gasteiger partial charge on any atom is 0.417 e. The number of rotatable bonds is 1. The number of hydrogen-bond donors (Lipinski definition) is 1. The van der Waals surface area contributed by atoms with Gasteiger partial charge >= 0.3 is 12.3 Å². The van der Waals surface area contributed by atoms with Crippen LogP contribution >= 0.6 is 12.2 Å². The normalized spacial score (nSPS) is 16.0. The van der Waals surface area contributed by atoms with Crippen molar-refractivity contribution in [1.82, 2.24) is 9.80 Å². The van der Waals surface area contributed by atoms with E-state index in [-0.39, 0.29) is 36.7 Å². The Labute approximate surface area is 124 Å². The summed E-state index contributed by atoms with van der Waals surface area (Å²) in [6, 6.07) is 5.16. The molecule has 0 aromatic heterocycles. The van der Waals surface area contributed by atoms with Gasteiger partial charge in [-0.25, -0.2) is 4.79 Å². The van der Waals surface area contributed by atoms with Crippen LogP contribution < -0.4 is 0 Å². The van der Waals surface area contributed by atoms with Crippen molar-refractivity contribution in [2.45, 2.75) is 6.18 Å². The lowest BCUT2D eigenvalue weighted by atomic mass is 10.1. The van der Waals surface area contributed by atoms with Crippen molar-refractivity contribution in [1.29, 1.82) is 0 Å². The Morgan fingerprint density at radius 2 is 1.62 bits per heavy atom. The second-order valence-corrected chi connectivity index (χ2v) is 4.99. The predicted molar refractivity (Wildman–Crippen MR) is 74.3 cm³/mol. The Hall–Kier alpha value is -1.83. The number of halogens is 3. The molecule has 0 bridgehead atoms. The summed E-state index contributed by atoms with van der Waals surface area (Å²) < 4.78 is 38.9. The van der Waals surface area contributed by atoms with Crippen LogP contribution in [0.25, 0.3) is 0 Å². The third-order valence-corrected chi connectivity index (χ3v) is 3.78. The van der Waals surface area contributed by atoms with Gasteiger partial charge in [-0.15, -0.1) is 0 Å². The van der Waals surface area contributed by atoms with Crippen LogP contribution in [0.3, 0.4) is 0 Å². The fraction of sp³-hybridized carbons (Fsp3) is 0.385. The highest BCUT2D eigenvalue weighted by Crippen LogP contribution is 2.32. The van der Waals surface area contributed by atoms with Crippen LogP contribution in [-0.4, -0.2) is 52.2 Å². The summed E-state index contributed by atoms with van der Waals surface area (Å²) in [5.41, 5.74) is -0.806. The van der Waals surface area contributed by atoms with E-state index in [4.69, 9.17) is 17.3 Å². The first-order chi connectivity index (χ1) is 9.80. The summed E-state index contributed by atoms with van der Waals surface area (Å²) in [4.78, 5) is 13.7. The Kier molecular flexibility index (Phi) is 4.36. The molecule has 0 unspecified atom stereocenters. The van der Waals surface area contributed by atoms with Crippen molar-refractivity contribution in [3.8, 4) is 0 Å². The molecule has 1 aromatic rings. The maximum atomic E-state index is 13.0. The molecule has 1 saturated heterocycles. The van der Waals surface area contributed by atoms with E-state index in [0.717, 1.165) is 6.07 Å². The molecule has 2 rings (SSSR count). The van der Waals surface area contributed by atoms with Gasteiger partial charge in [0.25, 0.3) is 0 Å². The minimum Gasteiger partial charge on any atom is -0.465 e. The second-order valence-electron chi connectivity index (χ2n) is 4.61. The summed E-state index contributed by atoms with van der Waals surface area (Å²) in [6.07, 6.45) is -5.50. The highest BCUT2D eigenvalue weighted by Gasteiger charge is 2.35. The Morgan fingerprint density at radius 1 is 1.10 bits per heavy atom. The zero-order valence-corrected chi connectivity index (χ0v) is 11.7. The van der Waals surface area contributed by atoms with E-state index in [1.54, 1.807) is 4.90 Å². The third-order valence-electron chi connectivity index (χ3n) is 3.30. The van der Waals surface area contributed by atoms with E-state index >= 15 is 0 Å². The number of carbonyl (C=O) groups is 1. The summed E-state index contributed by atoms with van der Waals surface area (Å²) in [5, 5.41) is 8.86. The summed E-state index contributed by atoms with van der Waals surface area (Å²) >= 11 is 5.16. The number of carboxylic acid groups (broad SMARTS) is 1. The smallest absolute Gasteiger partial charge is 0.417 e. The molecule has 0 aliphatic carbocycles. The van der Waals surface area contributed by atoms with Gasteiger partial charge in [0.15, 0.2) is 0 Å². The van der Waals surface area contributed by atoms with Crippen LogP contribution in [0.15, 0.2) is 24.3 Å². The Morgan fingerprint density at radius 3 is 2.14 bits per heavy atom. The van der Waals surface area contributed by atoms with Crippen molar-refractivity contribution in [3.05, 3.63) is 35.4 Å². The average molecular weight is 318 g/mol. The quantitative estimate of drug-likeness (QED) is 0.809. The van der Waals surface area contributed by atoms with Crippen LogP contribution in [0.4, 0.5) is 18.0 Å². The standard InChI is InChI=1S/C13H13F3N2O2S/c14-13(15,16)10-4-2-1-3-9(10)11(21)17-5-7-18(8-6-17)12(19)20/h1-4H,5-8H2,(H,19,20). The van der Waals surface area contributed by atoms with Crippen molar-refractivity contribution < 1.29 is 23.1 Å². The number of benzene rings is 1. The van der Waals surface area contributed by atoms with E-state index < -0.39 is 17.8 Å². The van der Waals surface area contributed by atoms with Crippen LogP contribution in [-0.2, 0) is 6.18 Å². The zero-order chi connectivity index (χ0) is 15.6. The number of piperazine rings is 1. The fourth-order valence-electron chi connectivity index (χ4n) is 2.19. The first-order valence-corrected chi connectivity index (χ1v) is 6.65. The second kappa shape index (κ2) is 5.88. The van der Waals surface area contributed by atoms with Gasteiger partial charge in [-0.1, -0.05) is 30.4 Å². The lowest BCUT2D eigenvalue weighted by Crippen LogP contribution is -2.50. The predicted octanol–water partition coefficient (Wildman–Crippen LogP) is 2.68. The summed E-state index contributed by atoms with van der Waals surface area (Å²) in [7, 11) is 0. The molecule has 1 fully saturated rings. The molecule has 1 aromatic carbocycles. The molecule has 0 radical (unpaired) electrons. The highest BCUT2D eigenvalue weighted by molar-refractivity contribution is 7.80. The molecule has 114 valence electrons. The van der Waals surface area contributed by atoms with Crippen LogP contribution in [0.1, 0.15) is 11.1 Å². The minimum atomic E-state index is -4.47. The molecule has 1 heterocycles. The van der Waals surface area contributed by atoms with Gasteiger partial charge < -0.3 is 14.9 Å². The largest absolute Gasteiger partial charge is 0.465 e. The summed E-state index contributed by atoms with van der Waals surface area (Å²) in [6.45, 7) is 1.03. The first kappa shape index (κ1) is 15.6. The molecule has 21 heavy (non-hydrogen) atoms. The van der Waals surface area contributed by atoms with Gasteiger partial charge in [0.05, 0.1) is 5.56 Å². The molecule has 1 aliphatic rings. The van der Waals surface area contributed by atoms with Crippen LogP contribution in [0, 0.1) is 0 Å². The number of hydrogen-bond acceptors (Lipinski definition) is 2. The lowest BCUT2D eigenvalue weighted by molar-refractivity contribution is -0.137. The van der Waals surface area contributed by atoms with Crippen molar-refractivity contribution in [3.63, 3.8) is 0 Å². The van der Waals surface area contributed by atoms with Gasteiger partial charge in [0.1, 0.15) is 4.99 Å². The van der Waals surface area contributed by atoms with E-state index in [2.05, 4.69) is 0 Å². The third kappa shape index (κ3) is 3.44. The highest BCUT2D eigenvalue weighted by atomic mass is 32.1. The van der Waals surface area contributed by atoms with Gasteiger partial charge in [-0.3, -0.25) is 0 Å². The van der Waals surface area contributed by atoms with Gasteiger partial charge in [-0.2, -0.15) is 13.2 Å². The fourth-order valence-corrected chi connectivity index (χ4v) is 2.55. The number of nitrogens with zero attached hydrogens (tertiary/aromatic N) is 2. The molecule has 1 amide bonds. The summed E-state index contributed by atoms with van der Waals surface area (Å²) in [5.74, 6) is 0. The topological polar surface area (TPSA) is 43.8 Å². The Balaban J connectivity index is 2.17. The molecular formula is C13H13F3N2O2S. The molecule has 1 N–H and O–H groups in total.